The van der Waals surface area contributed by atoms with Crippen molar-refractivity contribution in [2.24, 2.45) is 11.7 Å². The van der Waals surface area contributed by atoms with Crippen LogP contribution in [-0.4, -0.2) is 11.8 Å². The summed E-state index contributed by atoms with van der Waals surface area (Å²) >= 11 is 1.53. The fourth-order valence-electron chi connectivity index (χ4n) is 2.89. The van der Waals surface area contributed by atoms with Crippen LogP contribution in [0.25, 0.3) is 0 Å². The van der Waals surface area contributed by atoms with Gasteiger partial charge in [-0.25, -0.2) is 0 Å². The molecule has 0 saturated carbocycles. The second-order valence-corrected chi connectivity index (χ2v) is 6.92. The molecule has 1 aliphatic rings. The number of carbonyl (C=O) groups is 2. The number of hydrogen-bond donors (Lipinski definition) is 2. The Labute approximate surface area is 130 Å². The first-order chi connectivity index (χ1) is 10.0. The highest BCUT2D eigenvalue weighted by atomic mass is 32.1. The summed E-state index contributed by atoms with van der Waals surface area (Å²) in [6.07, 6.45) is 7.12. The smallest absolute Gasteiger partial charge is 0.251 e. The predicted octanol–water partition coefficient (Wildman–Crippen LogP) is 3.49. The van der Waals surface area contributed by atoms with Crippen LogP contribution in [0.4, 0.5) is 5.00 Å². The fraction of sp³-hybridized carbons (Fsp3) is 0.625. The molecule has 1 aromatic heterocycles. The Bertz CT molecular complexity index is 537. The van der Waals surface area contributed by atoms with E-state index in [2.05, 4.69) is 12.2 Å². The molecule has 0 bridgehead atoms. The van der Waals surface area contributed by atoms with Crippen molar-refractivity contribution < 1.29 is 9.59 Å². The Morgan fingerprint density at radius 2 is 2.00 bits per heavy atom. The molecule has 21 heavy (non-hydrogen) atoms. The standard InChI is InChI=1S/C16H24N2O2S/c1-3-7-10(2)15(20)18-16-13(14(17)19)11-8-5-4-6-9-12(11)21-16/h10H,3-9H2,1-2H3,(H2,17,19)(H,18,20). The number of fused-ring (bicyclic) bond motifs is 1. The molecule has 0 aliphatic heterocycles. The maximum atomic E-state index is 12.2. The first kappa shape index (κ1) is 16.0. The van der Waals surface area contributed by atoms with Crippen LogP contribution in [0.15, 0.2) is 0 Å². The van der Waals surface area contributed by atoms with Gasteiger partial charge >= 0.3 is 0 Å². The zero-order valence-electron chi connectivity index (χ0n) is 12.8. The molecule has 116 valence electrons. The van der Waals surface area contributed by atoms with Gasteiger partial charge < -0.3 is 11.1 Å². The number of primary amides is 1. The second-order valence-electron chi connectivity index (χ2n) is 5.81. The minimum absolute atomic E-state index is 0.0178. The van der Waals surface area contributed by atoms with Crippen molar-refractivity contribution in [1.29, 1.82) is 0 Å². The first-order valence-electron chi connectivity index (χ1n) is 7.79. The number of aryl methyl sites for hydroxylation is 1. The molecule has 2 rings (SSSR count). The van der Waals surface area contributed by atoms with E-state index in [9.17, 15) is 9.59 Å². The number of rotatable bonds is 5. The van der Waals surface area contributed by atoms with E-state index in [4.69, 9.17) is 5.73 Å². The molecule has 1 unspecified atom stereocenters. The minimum atomic E-state index is -0.423. The van der Waals surface area contributed by atoms with Gasteiger partial charge in [0.1, 0.15) is 5.00 Å². The van der Waals surface area contributed by atoms with Crippen LogP contribution >= 0.6 is 11.3 Å². The first-order valence-corrected chi connectivity index (χ1v) is 8.61. The van der Waals surface area contributed by atoms with Gasteiger partial charge in [0.15, 0.2) is 0 Å². The predicted molar refractivity (Wildman–Crippen MR) is 86.8 cm³/mol. The quantitative estimate of drug-likeness (QED) is 0.817. The maximum absolute atomic E-state index is 12.2. The lowest BCUT2D eigenvalue weighted by atomic mass is 10.0. The molecular weight excluding hydrogens is 284 g/mol. The summed E-state index contributed by atoms with van der Waals surface area (Å²) in [5, 5.41) is 3.59. The summed E-state index contributed by atoms with van der Waals surface area (Å²) in [4.78, 5) is 25.2. The molecule has 1 aliphatic carbocycles. The molecule has 0 fully saturated rings. The lowest BCUT2D eigenvalue weighted by Crippen LogP contribution is -2.22. The van der Waals surface area contributed by atoms with Gasteiger partial charge in [0.05, 0.1) is 5.56 Å². The lowest BCUT2D eigenvalue weighted by molar-refractivity contribution is -0.119. The van der Waals surface area contributed by atoms with E-state index in [0.29, 0.717) is 10.6 Å². The van der Waals surface area contributed by atoms with Crippen molar-refractivity contribution in [2.45, 2.75) is 58.8 Å². The van der Waals surface area contributed by atoms with Crippen LogP contribution in [0.1, 0.15) is 66.8 Å². The molecule has 0 aromatic carbocycles. The lowest BCUT2D eigenvalue weighted by Gasteiger charge is -2.11. The van der Waals surface area contributed by atoms with Gasteiger partial charge in [-0.3, -0.25) is 9.59 Å². The van der Waals surface area contributed by atoms with Crippen LogP contribution in [0.3, 0.4) is 0 Å². The molecule has 1 atom stereocenters. The molecule has 1 heterocycles. The van der Waals surface area contributed by atoms with Crippen molar-refractivity contribution in [3.05, 3.63) is 16.0 Å². The largest absolute Gasteiger partial charge is 0.365 e. The second kappa shape index (κ2) is 7.07. The van der Waals surface area contributed by atoms with Gasteiger partial charge in [-0.15, -0.1) is 11.3 Å². The highest BCUT2D eigenvalue weighted by Crippen LogP contribution is 2.37. The molecule has 3 N–H and O–H groups in total. The highest BCUT2D eigenvalue weighted by Gasteiger charge is 2.25. The van der Waals surface area contributed by atoms with Crippen molar-refractivity contribution >= 4 is 28.2 Å². The van der Waals surface area contributed by atoms with E-state index in [1.54, 1.807) is 0 Å². The monoisotopic (exact) mass is 308 g/mol. The summed E-state index contributed by atoms with van der Waals surface area (Å²) in [5.41, 5.74) is 7.18. The Balaban J connectivity index is 2.27. The molecule has 0 radical (unpaired) electrons. The van der Waals surface area contributed by atoms with Crippen LogP contribution < -0.4 is 11.1 Å². The van der Waals surface area contributed by atoms with Crippen LogP contribution in [0.5, 0.6) is 0 Å². The summed E-state index contributed by atoms with van der Waals surface area (Å²) in [7, 11) is 0. The van der Waals surface area contributed by atoms with Crippen molar-refractivity contribution in [1.82, 2.24) is 0 Å². The molecule has 5 heteroatoms. The van der Waals surface area contributed by atoms with Crippen molar-refractivity contribution in [2.75, 3.05) is 5.32 Å². The third-order valence-corrected chi connectivity index (χ3v) is 5.28. The van der Waals surface area contributed by atoms with Gasteiger partial charge in [0.2, 0.25) is 5.91 Å². The minimum Gasteiger partial charge on any atom is -0.365 e. The van der Waals surface area contributed by atoms with Crippen LogP contribution in [-0.2, 0) is 17.6 Å². The van der Waals surface area contributed by atoms with Crippen LogP contribution in [0, 0.1) is 5.92 Å². The number of nitrogens with one attached hydrogen (secondary N) is 1. The SMILES string of the molecule is CCCC(C)C(=O)Nc1sc2c(c1C(N)=O)CCCCC2. The Hall–Kier alpha value is -1.36. The normalized spacial score (nSPS) is 15.9. The van der Waals surface area contributed by atoms with Crippen LogP contribution in [0.2, 0.25) is 0 Å². The molecule has 1 aromatic rings. The summed E-state index contributed by atoms with van der Waals surface area (Å²) in [6.45, 7) is 3.98. The summed E-state index contributed by atoms with van der Waals surface area (Å²) in [5.74, 6) is -0.485. The van der Waals surface area contributed by atoms with Crippen molar-refractivity contribution in [3.63, 3.8) is 0 Å². The van der Waals surface area contributed by atoms with Gasteiger partial charge in [-0.2, -0.15) is 0 Å². The number of anilines is 1. The highest BCUT2D eigenvalue weighted by molar-refractivity contribution is 7.17. The number of hydrogen-bond acceptors (Lipinski definition) is 3. The van der Waals surface area contributed by atoms with E-state index in [1.807, 2.05) is 6.92 Å². The van der Waals surface area contributed by atoms with Gasteiger partial charge in [-0.05, 0) is 37.7 Å². The third-order valence-electron chi connectivity index (χ3n) is 4.07. The number of thiophene rings is 1. The molecule has 0 saturated heterocycles. The average molecular weight is 308 g/mol. The van der Waals surface area contributed by atoms with E-state index in [0.717, 1.165) is 44.1 Å². The fourth-order valence-corrected chi connectivity index (χ4v) is 4.19. The van der Waals surface area contributed by atoms with E-state index in [-0.39, 0.29) is 11.8 Å². The number of amides is 2. The topological polar surface area (TPSA) is 72.2 Å². The molecule has 0 spiro atoms. The van der Waals surface area contributed by atoms with Gasteiger partial charge in [0.25, 0.3) is 5.91 Å². The van der Waals surface area contributed by atoms with E-state index >= 15 is 0 Å². The summed E-state index contributed by atoms with van der Waals surface area (Å²) < 4.78 is 0. The van der Waals surface area contributed by atoms with E-state index in [1.165, 1.54) is 22.6 Å². The average Bonchev–Trinajstić information content (AvgIpc) is 2.61. The molecular formula is C16H24N2O2S. The number of carbonyl (C=O) groups excluding carboxylic acids is 2. The summed E-state index contributed by atoms with van der Waals surface area (Å²) in [6, 6.07) is 0. The van der Waals surface area contributed by atoms with Gasteiger partial charge in [0, 0.05) is 10.8 Å². The van der Waals surface area contributed by atoms with E-state index < -0.39 is 5.91 Å². The maximum Gasteiger partial charge on any atom is 0.251 e. The Kier molecular flexibility index (Phi) is 5.39. The number of nitrogens with two attached hydrogens (primary N) is 1. The Morgan fingerprint density at radius 3 is 2.67 bits per heavy atom. The van der Waals surface area contributed by atoms with Crippen molar-refractivity contribution in [3.8, 4) is 0 Å². The van der Waals surface area contributed by atoms with Gasteiger partial charge in [-0.1, -0.05) is 26.7 Å². The molecule has 4 nitrogen and oxygen atoms in total. The molecule has 2 amide bonds. The third kappa shape index (κ3) is 3.64. The Morgan fingerprint density at radius 1 is 1.29 bits per heavy atom. The zero-order chi connectivity index (χ0) is 15.4. The zero-order valence-corrected chi connectivity index (χ0v) is 13.6.